The van der Waals surface area contributed by atoms with Crippen molar-refractivity contribution < 1.29 is 13.2 Å². The van der Waals surface area contributed by atoms with Gasteiger partial charge in [0, 0.05) is 37.0 Å². The van der Waals surface area contributed by atoms with E-state index in [1.54, 1.807) is 12.1 Å². The Morgan fingerprint density at radius 1 is 1.19 bits per heavy atom. The van der Waals surface area contributed by atoms with E-state index in [0.717, 1.165) is 27.8 Å². The summed E-state index contributed by atoms with van der Waals surface area (Å²) in [4.78, 5) is 12.0. The van der Waals surface area contributed by atoms with Crippen molar-refractivity contribution >= 4 is 32.5 Å². The Hall–Kier alpha value is -2.75. The van der Waals surface area contributed by atoms with Crippen LogP contribution in [0.25, 0.3) is 10.9 Å². The summed E-state index contributed by atoms with van der Waals surface area (Å²) in [5.74, 6) is 1.27. The van der Waals surface area contributed by atoms with E-state index < -0.39 is 9.84 Å². The molecule has 5 rings (SSSR count). The second kappa shape index (κ2) is 7.99. The second-order valence-corrected chi connectivity index (χ2v) is 10.9. The third-order valence-corrected chi connectivity index (χ3v) is 8.09. The highest BCUT2D eigenvalue weighted by Gasteiger charge is 2.37. The summed E-state index contributed by atoms with van der Waals surface area (Å²) < 4.78 is 30.9. The van der Waals surface area contributed by atoms with Crippen LogP contribution in [0.1, 0.15) is 11.1 Å². The number of aryl methyl sites for hydroxylation is 1. The van der Waals surface area contributed by atoms with Crippen LogP contribution in [0.3, 0.4) is 0 Å². The fourth-order valence-electron chi connectivity index (χ4n) is 4.19. The molecule has 3 heterocycles. The number of nitrogens with one attached hydrogen (secondary N) is 1. The van der Waals surface area contributed by atoms with Gasteiger partial charge < -0.3 is 20.7 Å². The van der Waals surface area contributed by atoms with E-state index in [-0.39, 0.29) is 11.2 Å². The van der Waals surface area contributed by atoms with E-state index in [4.69, 9.17) is 20.4 Å². The van der Waals surface area contributed by atoms with Crippen molar-refractivity contribution in [1.82, 2.24) is 9.97 Å². The third-order valence-electron chi connectivity index (χ3n) is 6.30. The predicted octanol–water partition coefficient (Wildman–Crippen LogP) is 2.12. The SMILES string of the molecule is Cc1ccc2nc(N3CCS(=O)(=O)c4ccccc4C3)nc(NCC3(CN)COC3)c2c1. The number of rotatable bonds is 5. The number of nitrogens with zero attached hydrogens (tertiary/aromatic N) is 3. The maximum Gasteiger partial charge on any atom is 0.228 e. The van der Waals surface area contributed by atoms with Crippen LogP contribution < -0.4 is 16.0 Å². The molecule has 8 nitrogen and oxygen atoms in total. The molecule has 0 atom stereocenters. The van der Waals surface area contributed by atoms with Gasteiger partial charge in [-0.2, -0.15) is 4.98 Å². The van der Waals surface area contributed by atoms with Gasteiger partial charge in [0.05, 0.1) is 29.4 Å². The molecule has 0 saturated carbocycles. The standard InChI is InChI=1S/C23H27N5O3S/c1-16-6-7-19-18(10-16)21(25-13-23(12-24)14-31-15-23)27-22(26-19)28-8-9-32(29,30)20-5-3-2-4-17(20)11-28/h2-7,10H,8-9,11-15,24H2,1H3,(H,25,26,27). The monoisotopic (exact) mass is 453 g/mol. The van der Waals surface area contributed by atoms with Crippen LogP contribution in [0.2, 0.25) is 0 Å². The maximum absolute atomic E-state index is 12.8. The second-order valence-electron chi connectivity index (χ2n) is 8.79. The highest BCUT2D eigenvalue weighted by Crippen LogP contribution is 2.31. The number of benzene rings is 2. The molecule has 2 aromatic carbocycles. The van der Waals surface area contributed by atoms with Crippen molar-refractivity contribution in [2.24, 2.45) is 11.1 Å². The van der Waals surface area contributed by atoms with Gasteiger partial charge in [0.15, 0.2) is 9.84 Å². The first-order chi connectivity index (χ1) is 15.4. The minimum absolute atomic E-state index is 0.0235. The lowest BCUT2D eigenvalue weighted by atomic mass is 9.86. The predicted molar refractivity (Wildman–Crippen MR) is 125 cm³/mol. The lowest BCUT2D eigenvalue weighted by Gasteiger charge is -2.40. The molecular weight excluding hydrogens is 426 g/mol. The summed E-state index contributed by atoms with van der Waals surface area (Å²) in [6.07, 6.45) is 0. The summed E-state index contributed by atoms with van der Waals surface area (Å²) in [6.45, 7) is 5.25. The molecule has 0 amide bonds. The van der Waals surface area contributed by atoms with Crippen molar-refractivity contribution in [2.45, 2.75) is 18.4 Å². The van der Waals surface area contributed by atoms with Crippen molar-refractivity contribution in [1.29, 1.82) is 0 Å². The largest absolute Gasteiger partial charge is 0.380 e. The van der Waals surface area contributed by atoms with Crippen LogP contribution in [-0.2, 0) is 21.1 Å². The van der Waals surface area contributed by atoms with Crippen molar-refractivity contribution in [3.8, 4) is 0 Å². The van der Waals surface area contributed by atoms with E-state index in [1.165, 1.54) is 0 Å². The fourth-order valence-corrected chi connectivity index (χ4v) is 5.69. The highest BCUT2D eigenvalue weighted by molar-refractivity contribution is 7.91. The van der Waals surface area contributed by atoms with E-state index in [2.05, 4.69) is 11.4 Å². The Morgan fingerprint density at radius 2 is 2.00 bits per heavy atom. The summed E-state index contributed by atoms with van der Waals surface area (Å²) >= 11 is 0. The molecule has 3 aromatic rings. The van der Waals surface area contributed by atoms with Gasteiger partial charge >= 0.3 is 0 Å². The van der Waals surface area contributed by atoms with Gasteiger partial charge in [0.1, 0.15) is 5.82 Å². The van der Waals surface area contributed by atoms with Crippen LogP contribution in [0.5, 0.6) is 0 Å². The summed E-state index contributed by atoms with van der Waals surface area (Å²) in [5.41, 5.74) is 8.60. The Morgan fingerprint density at radius 3 is 2.75 bits per heavy atom. The number of hydrogen-bond acceptors (Lipinski definition) is 8. The Bertz CT molecular complexity index is 1270. The molecular formula is C23H27N5O3S. The van der Waals surface area contributed by atoms with Crippen LogP contribution in [0, 0.1) is 12.3 Å². The highest BCUT2D eigenvalue weighted by atomic mass is 32.2. The van der Waals surface area contributed by atoms with Gasteiger partial charge in [0.2, 0.25) is 5.95 Å². The first-order valence-electron chi connectivity index (χ1n) is 10.7. The molecule has 0 unspecified atom stereocenters. The Kier molecular flexibility index (Phi) is 5.27. The molecule has 9 heteroatoms. The zero-order valence-corrected chi connectivity index (χ0v) is 18.9. The minimum Gasteiger partial charge on any atom is -0.380 e. The van der Waals surface area contributed by atoms with Gasteiger partial charge in [-0.25, -0.2) is 13.4 Å². The normalized spacial score (nSPS) is 19.1. The van der Waals surface area contributed by atoms with Crippen LogP contribution in [0.15, 0.2) is 47.4 Å². The van der Waals surface area contributed by atoms with Crippen molar-refractivity contribution in [2.75, 3.05) is 48.8 Å². The molecule has 0 aliphatic carbocycles. The third kappa shape index (κ3) is 3.80. The zero-order chi connectivity index (χ0) is 22.3. The van der Waals surface area contributed by atoms with Crippen molar-refractivity contribution in [3.63, 3.8) is 0 Å². The van der Waals surface area contributed by atoms with Gasteiger partial charge in [-0.05, 0) is 30.7 Å². The molecule has 2 aliphatic rings. The van der Waals surface area contributed by atoms with Gasteiger partial charge in [-0.15, -0.1) is 0 Å². The molecule has 1 fully saturated rings. The van der Waals surface area contributed by atoms with Gasteiger partial charge in [-0.3, -0.25) is 0 Å². The van der Waals surface area contributed by atoms with Crippen LogP contribution in [-0.4, -0.2) is 57.0 Å². The number of ether oxygens (including phenoxy) is 1. The fraction of sp³-hybridized carbons (Fsp3) is 0.391. The average Bonchev–Trinajstić information content (AvgIpc) is 2.89. The quantitative estimate of drug-likeness (QED) is 0.604. The zero-order valence-electron chi connectivity index (χ0n) is 18.0. The Labute approximate surface area is 187 Å². The smallest absolute Gasteiger partial charge is 0.228 e. The number of fused-ring (bicyclic) bond motifs is 2. The minimum atomic E-state index is -3.35. The number of nitrogens with two attached hydrogens (primary N) is 1. The van der Waals surface area contributed by atoms with Crippen LogP contribution >= 0.6 is 0 Å². The van der Waals surface area contributed by atoms with Gasteiger partial charge in [0.25, 0.3) is 0 Å². The Balaban J connectivity index is 1.54. The maximum atomic E-state index is 12.8. The molecule has 0 radical (unpaired) electrons. The molecule has 0 spiro atoms. The number of aromatic nitrogens is 2. The van der Waals surface area contributed by atoms with E-state index in [1.807, 2.05) is 36.1 Å². The first kappa shape index (κ1) is 21.1. The summed E-state index contributed by atoms with van der Waals surface area (Å²) in [5, 5.41) is 4.42. The molecule has 1 aromatic heterocycles. The number of anilines is 2. The van der Waals surface area contributed by atoms with Gasteiger partial charge in [-0.1, -0.05) is 29.8 Å². The molecule has 2 aliphatic heterocycles. The lowest BCUT2D eigenvalue weighted by Crippen LogP contribution is -2.52. The van der Waals surface area contributed by atoms with E-state index in [9.17, 15) is 8.42 Å². The lowest BCUT2D eigenvalue weighted by molar-refractivity contribution is -0.0979. The molecule has 3 N–H and O–H groups in total. The topological polar surface area (TPSA) is 110 Å². The van der Waals surface area contributed by atoms with Crippen LogP contribution in [0.4, 0.5) is 11.8 Å². The molecule has 0 bridgehead atoms. The first-order valence-corrected chi connectivity index (χ1v) is 12.4. The number of sulfone groups is 1. The van der Waals surface area contributed by atoms with Crippen molar-refractivity contribution in [3.05, 3.63) is 53.6 Å². The van der Waals surface area contributed by atoms with E-state index in [0.29, 0.717) is 50.2 Å². The van der Waals surface area contributed by atoms with E-state index >= 15 is 0 Å². The summed E-state index contributed by atoms with van der Waals surface area (Å²) in [7, 11) is -3.35. The molecule has 32 heavy (non-hydrogen) atoms. The summed E-state index contributed by atoms with van der Waals surface area (Å²) in [6, 6.07) is 13.2. The number of hydrogen-bond donors (Lipinski definition) is 2. The molecule has 168 valence electrons. The average molecular weight is 454 g/mol. The molecule has 1 saturated heterocycles.